The molecule has 5 nitrogen and oxygen atoms in total. The van der Waals surface area contributed by atoms with Crippen molar-refractivity contribution < 1.29 is 9.90 Å². The van der Waals surface area contributed by atoms with Gasteiger partial charge in [0, 0.05) is 30.5 Å². The van der Waals surface area contributed by atoms with E-state index in [4.69, 9.17) is 5.11 Å². The molecule has 0 saturated heterocycles. The predicted molar refractivity (Wildman–Crippen MR) is 61.9 cm³/mol. The van der Waals surface area contributed by atoms with Crippen LogP contribution in [0, 0.1) is 0 Å². The maximum Gasteiger partial charge on any atom is 0.305 e. The Balaban J connectivity index is 2.03. The van der Waals surface area contributed by atoms with Crippen LogP contribution in [0.25, 0.3) is 0 Å². The number of aromatic nitrogens is 2. The van der Waals surface area contributed by atoms with Crippen LogP contribution in [-0.4, -0.2) is 33.0 Å². The molecule has 1 fully saturated rings. The number of carboxylic acids is 1. The van der Waals surface area contributed by atoms with Crippen LogP contribution in [0.5, 0.6) is 0 Å². The third-order valence-corrected chi connectivity index (χ3v) is 3.36. The summed E-state index contributed by atoms with van der Waals surface area (Å²) in [6.45, 7) is 2.56. The summed E-state index contributed by atoms with van der Waals surface area (Å²) >= 11 is 1.37. The van der Waals surface area contributed by atoms with Gasteiger partial charge in [0.2, 0.25) is 5.13 Å². The van der Waals surface area contributed by atoms with Crippen LogP contribution in [-0.2, 0) is 11.2 Å². The smallest absolute Gasteiger partial charge is 0.305 e. The average Bonchev–Trinajstić information content (AvgIpc) is 2.96. The topological polar surface area (TPSA) is 66.3 Å². The van der Waals surface area contributed by atoms with Crippen molar-refractivity contribution in [2.75, 3.05) is 11.4 Å². The molecule has 1 N–H and O–H groups in total. The fourth-order valence-electron chi connectivity index (χ4n) is 1.54. The number of aryl methyl sites for hydroxylation is 1. The third-order valence-electron chi connectivity index (χ3n) is 2.57. The minimum Gasteiger partial charge on any atom is -0.481 e. The molecule has 0 amide bonds. The Morgan fingerprint density at radius 1 is 1.62 bits per heavy atom. The molecule has 0 atom stereocenters. The van der Waals surface area contributed by atoms with E-state index in [0.717, 1.165) is 30.2 Å². The van der Waals surface area contributed by atoms with E-state index in [-0.39, 0.29) is 6.42 Å². The summed E-state index contributed by atoms with van der Waals surface area (Å²) in [5.74, 6) is 0.0897. The minimum absolute atomic E-state index is 0.164. The molecular weight excluding hydrogens is 226 g/mol. The molecule has 1 aromatic rings. The van der Waals surface area contributed by atoms with E-state index in [0.29, 0.717) is 12.6 Å². The van der Waals surface area contributed by atoms with Crippen LogP contribution in [0.3, 0.4) is 0 Å². The van der Waals surface area contributed by atoms with Gasteiger partial charge in [0.1, 0.15) is 5.82 Å². The molecule has 1 aromatic heterocycles. The normalized spacial score (nSPS) is 15.1. The van der Waals surface area contributed by atoms with Gasteiger partial charge in [0.25, 0.3) is 0 Å². The van der Waals surface area contributed by atoms with Gasteiger partial charge in [-0.2, -0.15) is 4.37 Å². The molecule has 0 aliphatic heterocycles. The Labute approximate surface area is 98.3 Å². The Bertz CT molecular complexity index is 376. The fourth-order valence-corrected chi connectivity index (χ4v) is 2.39. The van der Waals surface area contributed by atoms with Gasteiger partial charge >= 0.3 is 5.97 Å². The van der Waals surface area contributed by atoms with Crippen LogP contribution in [0.2, 0.25) is 0 Å². The molecule has 88 valence electrons. The molecule has 1 heterocycles. The van der Waals surface area contributed by atoms with Crippen molar-refractivity contribution in [1.82, 2.24) is 9.36 Å². The lowest BCUT2D eigenvalue weighted by Gasteiger charge is -2.19. The van der Waals surface area contributed by atoms with Gasteiger partial charge in [-0.25, -0.2) is 4.98 Å². The molecule has 0 aromatic carbocycles. The zero-order valence-corrected chi connectivity index (χ0v) is 10.0. The third kappa shape index (κ3) is 2.69. The standard InChI is InChI=1S/C10H15N3O2S/c1-2-8-11-10(16-12-8)13(7-3-4-7)6-5-9(14)15/h7H,2-6H2,1H3,(H,14,15). The predicted octanol–water partition coefficient (Wildman–Crippen LogP) is 1.54. The summed E-state index contributed by atoms with van der Waals surface area (Å²) in [6.07, 6.45) is 3.27. The number of rotatable bonds is 6. The van der Waals surface area contributed by atoms with Crippen molar-refractivity contribution in [3.05, 3.63) is 5.82 Å². The Morgan fingerprint density at radius 2 is 2.38 bits per heavy atom. The first kappa shape index (κ1) is 11.3. The van der Waals surface area contributed by atoms with Crippen molar-refractivity contribution in [3.63, 3.8) is 0 Å². The van der Waals surface area contributed by atoms with Crippen LogP contribution in [0.15, 0.2) is 0 Å². The molecule has 0 unspecified atom stereocenters. The van der Waals surface area contributed by atoms with E-state index in [2.05, 4.69) is 14.3 Å². The highest BCUT2D eigenvalue weighted by atomic mass is 32.1. The number of nitrogens with zero attached hydrogens (tertiary/aromatic N) is 3. The zero-order valence-electron chi connectivity index (χ0n) is 9.22. The molecule has 2 rings (SSSR count). The summed E-state index contributed by atoms with van der Waals surface area (Å²) in [5.41, 5.74) is 0. The Morgan fingerprint density at radius 3 is 2.88 bits per heavy atom. The largest absolute Gasteiger partial charge is 0.481 e. The van der Waals surface area contributed by atoms with Crippen LogP contribution in [0.4, 0.5) is 5.13 Å². The van der Waals surface area contributed by atoms with Gasteiger partial charge in [-0.1, -0.05) is 6.92 Å². The summed E-state index contributed by atoms with van der Waals surface area (Å²) in [5, 5.41) is 9.58. The highest BCUT2D eigenvalue weighted by Crippen LogP contribution is 2.32. The van der Waals surface area contributed by atoms with Crippen molar-refractivity contribution in [2.24, 2.45) is 0 Å². The number of aliphatic carboxylic acids is 1. The molecule has 0 radical (unpaired) electrons. The summed E-state index contributed by atoms with van der Waals surface area (Å²) in [7, 11) is 0. The highest BCUT2D eigenvalue weighted by molar-refractivity contribution is 7.09. The molecule has 6 heteroatoms. The molecule has 0 spiro atoms. The van der Waals surface area contributed by atoms with Crippen molar-refractivity contribution >= 4 is 22.6 Å². The molecule has 1 saturated carbocycles. The number of hydrogen-bond acceptors (Lipinski definition) is 5. The highest BCUT2D eigenvalue weighted by Gasteiger charge is 2.31. The maximum atomic E-state index is 10.6. The Hall–Kier alpha value is -1.17. The molecule has 1 aliphatic carbocycles. The van der Waals surface area contributed by atoms with Crippen LogP contribution in [0.1, 0.15) is 32.0 Å². The molecule has 1 aliphatic rings. The van der Waals surface area contributed by atoms with Crippen molar-refractivity contribution in [2.45, 2.75) is 38.6 Å². The monoisotopic (exact) mass is 241 g/mol. The van der Waals surface area contributed by atoms with E-state index in [9.17, 15) is 4.79 Å². The number of anilines is 1. The lowest BCUT2D eigenvalue weighted by atomic mass is 10.4. The van der Waals surface area contributed by atoms with Gasteiger partial charge < -0.3 is 10.0 Å². The molecule has 16 heavy (non-hydrogen) atoms. The number of hydrogen-bond donors (Lipinski definition) is 1. The summed E-state index contributed by atoms with van der Waals surface area (Å²) < 4.78 is 4.23. The van der Waals surface area contributed by atoms with Crippen molar-refractivity contribution in [3.8, 4) is 0 Å². The van der Waals surface area contributed by atoms with E-state index < -0.39 is 5.97 Å². The second kappa shape index (κ2) is 4.78. The lowest BCUT2D eigenvalue weighted by molar-refractivity contribution is -0.136. The van der Waals surface area contributed by atoms with E-state index >= 15 is 0 Å². The second-order valence-electron chi connectivity index (χ2n) is 3.92. The van der Waals surface area contributed by atoms with E-state index in [1.807, 2.05) is 6.92 Å². The SMILES string of the molecule is CCc1nsc(N(CCC(=O)O)C2CC2)n1. The van der Waals surface area contributed by atoms with Crippen LogP contribution < -0.4 is 4.90 Å². The molecule has 0 bridgehead atoms. The second-order valence-corrected chi connectivity index (χ2v) is 4.65. The van der Waals surface area contributed by atoms with Crippen molar-refractivity contribution in [1.29, 1.82) is 0 Å². The van der Waals surface area contributed by atoms with Gasteiger partial charge in [0.05, 0.1) is 6.42 Å². The first-order valence-electron chi connectivity index (χ1n) is 5.51. The fraction of sp³-hybridized carbons (Fsp3) is 0.700. The minimum atomic E-state index is -0.758. The van der Waals surface area contributed by atoms with Gasteiger partial charge in [-0.15, -0.1) is 0 Å². The number of carbonyl (C=O) groups is 1. The summed E-state index contributed by atoms with van der Waals surface area (Å²) in [6, 6.07) is 0.483. The van der Waals surface area contributed by atoms with Gasteiger partial charge in [-0.3, -0.25) is 4.79 Å². The van der Waals surface area contributed by atoms with E-state index in [1.165, 1.54) is 11.5 Å². The Kier molecular flexibility index (Phi) is 3.38. The van der Waals surface area contributed by atoms with Gasteiger partial charge in [0.15, 0.2) is 0 Å². The quantitative estimate of drug-likeness (QED) is 0.818. The lowest BCUT2D eigenvalue weighted by Crippen LogP contribution is -2.28. The molecular formula is C10H15N3O2S. The van der Waals surface area contributed by atoms with Gasteiger partial charge in [-0.05, 0) is 12.8 Å². The average molecular weight is 241 g/mol. The number of carboxylic acid groups (broad SMARTS) is 1. The first-order valence-corrected chi connectivity index (χ1v) is 6.29. The first-order chi connectivity index (χ1) is 7.70. The van der Waals surface area contributed by atoms with Crippen LogP contribution >= 0.6 is 11.5 Å². The summed E-state index contributed by atoms with van der Waals surface area (Å²) in [4.78, 5) is 17.1. The van der Waals surface area contributed by atoms with E-state index in [1.54, 1.807) is 0 Å². The maximum absolute atomic E-state index is 10.6. The zero-order chi connectivity index (χ0) is 11.5.